The molecule has 0 bridgehead atoms. The number of carboxylic acid groups (broad SMARTS) is 1. The summed E-state index contributed by atoms with van der Waals surface area (Å²) < 4.78 is 0. The minimum Gasteiger partial charge on any atom is -0.481 e. The van der Waals surface area contributed by atoms with Crippen LogP contribution in [0.15, 0.2) is 24.3 Å². The van der Waals surface area contributed by atoms with Crippen molar-refractivity contribution in [3.05, 3.63) is 39.9 Å². The van der Waals surface area contributed by atoms with Crippen LogP contribution in [-0.4, -0.2) is 33.1 Å². The Labute approximate surface area is 164 Å². The number of carbonyl (C=O) groups is 2. The highest BCUT2D eigenvalue weighted by molar-refractivity contribution is 5.85. The summed E-state index contributed by atoms with van der Waals surface area (Å²) in [5.74, 6) is -2.38. The van der Waals surface area contributed by atoms with E-state index in [-0.39, 0.29) is 17.5 Å². The van der Waals surface area contributed by atoms with Gasteiger partial charge in [-0.3, -0.25) is 19.7 Å². The van der Waals surface area contributed by atoms with Crippen molar-refractivity contribution in [1.82, 2.24) is 5.32 Å². The molecule has 1 amide bonds. The topological polar surface area (TPSA) is 130 Å². The van der Waals surface area contributed by atoms with Crippen molar-refractivity contribution in [1.29, 1.82) is 0 Å². The molecule has 3 N–H and O–H groups in total. The van der Waals surface area contributed by atoms with Gasteiger partial charge in [0.2, 0.25) is 5.91 Å². The lowest BCUT2D eigenvalue weighted by molar-refractivity contribution is -0.384. The zero-order valence-corrected chi connectivity index (χ0v) is 16.2. The molecule has 1 saturated carbocycles. The predicted octanol–water partition coefficient (Wildman–Crippen LogP) is 3.05. The molecule has 0 saturated heterocycles. The van der Waals surface area contributed by atoms with Gasteiger partial charge < -0.3 is 15.5 Å². The molecule has 0 radical (unpaired) electrons. The van der Waals surface area contributed by atoms with Gasteiger partial charge in [-0.1, -0.05) is 20.3 Å². The first-order valence-corrected chi connectivity index (χ1v) is 9.70. The maximum atomic E-state index is 12.8. The molecule has 0 aromatic heterocycles. The lowest BCUT2D eigenvalue weighted by Crippen LogP contribution is -2.46. The highest BCUT2D eigenvalue weighted by Crippen LogP contribution is 2.34. The third kappa shape index (κ3) is 5.28. The number of aliphatic carboxylic acids is 1. The molecular weight excluding hydrogens is 364 g/mol. The van der Waals surface area contributed by atoms with E-state index in [1.54, 1.807) is 0 Å². The Hall–Kier alpha value is -2.48. The summed E-state index contributed by atoms with van der Waals surface area (Å²) in [5.41, 5.74) is 0.393. The van der Waals surface area contributed by atoms with Crippen LogP contribution in [0.4, 0.5) is 5.69 Å². The summed E-state index contributed by atoms with van der Waals surface area (Å²) in [7, 11) is 0. The Morgan fingerprint density at radius 3 is 2.43 bits per heavy atom. The van der Waals surface area contributed by atoms with Crippen LogP contribution < -0.4 is 5.32 Å². The van der Waals surface area contributed by atoms with Crippen LogP contribution in [0.2, 0.25) is 0 Å². The number of nitro benzene ring substituents is 1. The van der Waals surface area contributed by atoms with Crippen LogP contribution in [0.5, 0.6) is 0 Å². The van der Waals surface area contributed by atoms with Crippen molar-refractivity contribution in [3.8, 4) is 0 Å². The molecule has 0 aliphatic heterocycles. The molecule has 8 heteroatoms. The van der Waals surface area contributed by atoms with Gasteiger partial charge in [0, 0.05) is 12.1 Å². The quantitative estimate of drug-likeness (QED) is 0.460. The van der Waals surface area contributed by atoms with Gasteiger partial charge in [0.25, 0.3) is 5.69 Å². The Morgan fingerprint density at radius 1 is 1.25 bits per heavy atom. The van der Waals surface area contributed by atoms with E-state index in [0.29, 0.717) is 31.2 Å². The normalized spacial score (nSPS) is 24.2. The number of nitrogens with one attached hydrogen (secondary N) is 1. The number of hydrogen-bond acceptors (Lipinski definition) is 5. The maximum Gasteiger partial charge on any atom is 0.307 e. The number of hydrogen-bond donors (Lipinski definition) is 3. The van der Waals surface area contributed by atoms with Crippen molar-refractivity contribution in [2.24, 2.45) is 17.8 Å². The average molecular weight is 392 g/mol. The number of aliphatic hydroxyl groups excluding tert-OH is 1. The monoisotopic (exact) mass is 392 g/mol. The van der Waals surface area contributed by atoms with Gasteiger partial charge in [-0.2, -0.15) is 0 Å². The summed E-state index contributed by atoms with van der Waals surface area (Å²) in [4.78, 5) is 34.7. The second-order valence-corrected chi connectivity index (χ2v) is 7.67. The molecule has 5 atom stereocenters. The van der Waals surface area contributed by atoms with Crippen molar-refractivity contribution in [3.63, 3.8) is 0 Å². The number of carboxylic acids is 1. The Balaban J connectivity index is 2.13. The molecule has 28 heavy (non-hydrogen) atoms. The molecule has 1 aliphatic carbocycles. The highest BCUT2D eigenvalue weighted by Gasteiger charge is 2.39. The standard InChI is InChI=1S/C20H28N2O6/c1-3-4-17(18(23)13-6-8-14(9-7-13)22(27)28)21-19(24)15-10-5-12(2)11-16(15)20(25)26/h6-9,12,15-18,23H,3-5,10-11H2,1-2H3,(H,21,24)(H,25,26)/t12?,15?,16?,17-,18-/m0/s1. The molecular formula is C20H28N2O6. The first kappa shape index (κ1) is 21.8. The van der Waals surface area contributed by atoms with Gasteiger partial charge in [0.05, 0.1) is 28.9 Å². The lowest BCUT2D eigenvalue weighted by Gasteiger charge is -2.33. The SMILES string of the molecule is CCC[C@H](NC(=O)C1CCC(C)CC1C(=O)O)[C@@H](O)c1ccc([N+](=O)[O-])cc1. The first-order valence-electron chi connectivity index (χ1n) is 9.70. The summed E-state index contributed by atoms with van der Waals surface area (Å²) in [6.07, 6.45) is 1.96. The Kier molecular flexibility index (Phi) is 7.51. The predicted molar refractivity (Wildman–Crippen MR) is 103 cm³/mol. The lowest BCUT2D eigenvalue weighted by atomic mass is 9.74. The number of nitro groups is 1. The zero-order chi connectivity index (χ0) is 20.8. The van der Waals surface area contributed by atoms with E-state index in [2.05, 4.69) is 5.32 Å². The van der Waals surface area contributed by atoms with Crippen LogP contribution in [-0.2, 0) is 9.59 Å². The molecule has 1 aliphatic rings. The molecule has 0 spiro atoms. The van der Waals surface area contributed by atoms with E-state index in [1.165, 1.54) is 24.3 Å². The second kappa shape index (κ2) is 9.64. The second-order valence-electron chi connectivity index (χ2n) is 7.67. The summed E-state index contributed by atoms with van der Waals surface area (Å²) in [5, 5.41) is 33.8. The minimum atomic E-state index is -1.03. The third-order valence-electron chi connectivity index (χ3n) is 5.52. The van der Waals surface area contributed by atoms with Crippen molar-refractivity contribution in [2.75, 3.05) is 0 Å². The highest BCUT2D eigenvalue weighted by atomic mass is 16.6. The molecule has 1 aromatic carbocycles. The molecule has 3 unspecified atom stereocenters. The summed E-state index contributed by atoms with van der Waals surface area (Å²) in [6, 6.07) is 4.98. The summed E-state index contributed by atoms with van der Waals surface area (Å²) in [6.45, 7) is 3.91. The first-order chi connectivity index (χ1) is 13.2. The van der Waals surface area contributed by atoms with E-state index >= 15 is 0 Å². The smallest absolute Gasteiger partial charge is 0.307 e. The van der Waals surface area contributed by atoms with Crippen LogP contribution in [0.1, 0.15) is 57.6 Å². The maximum absolute atomic E-state index is 12.8. The fourth-order valence-corrected chi connectivity index (χ4v) is 3.90. The molecule has 1 aromatic rings. The van der Waals surface area contributed by atoms with Crippen molar-refractivity contribution < 1.29 is 24.7 Å². The van der Waals surface area contributed by atoms with Gasteiger partial charge in [-0.15, -0.1) is 0 Å². The van der Waals surface area contributed by atoms with Gasteiger partial charge in [-0.25, -0.2) is 0 Å². The summed E-state index contributed by atoms with van der Waals surface area (Å²) >= 11 is 0. The third-order valence-corrected chi connectivity index (χ3v) is 5.52. The zero-order valence-electron chi connectivity index (χ0n) is 16.2. The van der Waals surface area contributed by atoms with Gasteiger partial charge in [0.15, 0.2) is 0 Å². The number of benzene rings is 1. The van der Waals surface area contributed by atoms with Gasteiger partial charge in [-0.05, 0) is 49.3 Å². The number of amides is 1. The van der Waals surface area contributed by atoms with E-state index < -0.39 is 34.9 Å². The minimum absolute atomic E-state index is 0.0762. The number of nitrogens with zero attached hydrogens (tertiary/aromatic N) is 1. The molecule has 1 fully saturated rings. The molecule has 2 rings (SSSR count). The molecule has 8 nitrogen and oxygen atoms in total. The van der Waals surface area contributed by atoms with E-state index in [1.807, 2.05) is 13.8 Å². The number of non-ortho nitro benzene ring substituents is 1. The average Bonchev–Trinajstić information content (AvgIpc) is 2.66. The van der Waals surface area contributed by atoms with E-state index in [9.17, 15) is 29.9 Å². The molecule has 0 heterocycles. The van der Waals surface area contributed by atoms with Crippen molar-refractivity contribution in [2.45, 2.75) is 58.1 Å². The molecule has 154 valence electrons. The van der Waals surface area contributed by atoms with Crippen LogP contribution >= 0.6 is 0 Å². The van der Waals surface area contributed by atoms with E-state index in [4.69, 9.17) is 0 Å². The number of carbonyl (C=O) groups excluding carboxylic acids is 1. The van der Waals surface area contributed by atoms with Gasteiger partial charge in [0.1, 0.15) is 0 Å². The van der Waals surface area contributed by atoms with Gasteiger partial charge >= 0.3 is 5.97 Å². The fraction of sp³-hybridized carbons (Fsp3) is 0.600. The fourth-order valence-electron chi connectivity index (χ4n) is 3.90. The van der Waals surface area contributed by atoms with Crippen molar-refractivity contribution >= 4 is 17.6 Å². The van der Waals surface area contributed by atoms with E-state index in [0.717, 1.165) is 6.42 Å². The number of aliphatic hydroxyl groups is 1. The van der Waals surface area contributed by atoms with Crippen LogP contribution in [0.25, 0.3) is 0 Å². The Bertz CT molecular complexity index is 705. The van der Waals surface area contributed by atoms with Crippen LogP contribution in [0.3, 0.4) is 0 Å². The number of rotatable bonds is 8. The van der Waals surface area contributed by atoms with Crippen LogP contribution in [0, 0.1) is 27.9 Å². The largest absolute Gasteiger partial charge is 0.481 e. The Morgan fingerprint density at radius 2 is 1.89 bits per heavy atom.